The van der Waals surface area contributed by atoms with Gasteiger partial charge in [-0.1, -0.05) is 20.3 Å². The first-order valence-electron chi connectivity index (χ1n) is 4.64. The molecule has 0 aromatic rings. The fourth-order valence-electron chi connectivity index (χ4n) is 0.806. The molecule has 0 aliphatic rings. The maximum atomic E-state index is 11.2. The van der Waals surface area contributed by atoms with E-state index in [9.17, 15) is 4.79 Å². The van der Waals surface area contributed by atoms with Crippen LogP contribution in [0.15, 0.2) is 0 Å². The van der Waals surface area contributed by atoms with Gasteiger partial charge < -0.3 is 15.8 Å². The normalized spacial score (nSPS) is 15.1. The van der Waals surface area contributed by atoms with Crippen molar-refractivity contribution in [2.75, 3.05) is 20.3 Å². The van der Waals surface area contributed by atoms with Crippen LogP contribution in [0.5, 0.6) is 0 Å². The van der Waals surface area contributed by atoms with Crippen molar-refractivity contribution in [2.45, 2.75) is 26.3 Å². The zero-order valence-electron chi connectivity index (χ0n) is 8.67. The van der Waals surface area contributed by atoms with E-state index >= 15 is 0 Å². The predicted molar refractivity (Wildman–Crippen MR) is 52.3 cm³/mol. The highest BCUT2D eigenvalue weighted by Crippen LogP contribution is 1.97. The lowest BCUT2D eigenvalue weighted by Gasteiger charge is -2.13. The Labute approximate surface area is 79.8 Å². The third-order valence-electron chi connectivity index (χ3n) is 2.00. The summed E-state index contributed by atoms with van der Waals surface area (Å²) in [6, 6.07) is -0.547. The summed E-state index contributed by atoms with van der Waals surface area (Å²) in [5, 5.41) is 2.77. The number of hydrogen-bond donors (Lipinski definition) is 2. The molecule has 0 rings (SSSR count). The van der Waals surface area contributed by atoms with Gasteiger partial charge in [-0.3, -0.25) is 4.79 Å². The second kappa shape index (κ2) is 6.86. The van der Waals surface area contributed by atoms with Gasteiger partial charge in [0.1, 0.15) is 6.04 Å². The van der Waals surface area contributed by atoms with Crippen LogP contribution in [-0.4, -0.2) is 32.2 Å². The molecule has 78 valence electrons. The molecular formula is C9H20N2O2. The minimum absolute atomic E-state index is 0.137. The summed E-state index contributed by atoms with van der Waals surface area (Å²) >= 11 is 0. The number of methoxy groups -OCH3 is 1. The van der Waals surface area contributed by atoms with Crippen molar-refractivity contribution in [3.05, 3.63) is 0 Å². The molecule has 0 radical (unpaired) electrons. The summed E-state index contributed by atoms with van der Waals surface area (Å²) < 4.78 is 4.77. The van der Waals surface area contributed by atoms with Crippen molar-refractivity contribution in [3.8, 4) is 0 Å². The summed E-state index contributed by atoms with van der Waals surface area (Å²) in [6.45, 7) is 5.13. The Hall–Kier alpha value is -0.610. The molecule has 0 spiro atoms. The van der Waals surface area contributed by atoms with Gasteiger partial charge in [0, 0.05) is 13.7 Å². The molecule has 2 atom stereocenters. The van der Waals surface area contributed by atoms with Crippen LogP contribution in [0.3, 0.4) is 0 Å². The van der Waals surface area contributed by atoms with E-state index in [0.717, 1.165) is 6.42 Å². The second-order valence-corrected chi connectivity index (χ2v) is 3.32. The smallest absolute Gasteiger partial charge is 0.239 e. The molecule has 4 nitrogen and oxygen atoms in total. The van der Waals surface area contributed by atoms with Crippen LogP contribution < -0.4 is 11.1 Å². The lowest BCUT2D eigenvalue weighted by Crippen LogP contribution is -2.44. The van der Waals surface area contributed by atoms with Crippen LogP contribution >= 0.6 is 0 Å². The molecule has 0 bridgehead atoms. The minimum atomic E-state index is -0.547. The topological polar surface area (TPSA) is 64.4 Å². The van der Waals surface area contributed by atoms with Crippen molar-refractivity contribution in [1.29, 1.82) is 0 Å². The summed E-state index contributed by atoms with van der Waals surface area (Å²) in [6.07, 6.45) is 1.06. The Morgan fingerprint density at radius 3 is 2.69 bits per heavy atom. The highest BCUT2D eigenvalue weighted by Gasteiger charge is 2.12. The van der Waals surface area contributed by atoms with Crippen LogP contribution in [0.4, 0.5) is 0 Å². The molecule has 0 fully saturated rings. The Morgan fingerprint density at radius 2 is 2.23 bits per heavy atom. The summed E-state index contributed by atoms with van der Waals surface area (Å²) in [7, 11) is 1.53. The van der Waals surface area contributed by atoms with E-state index < -0.39 is 6.04 Å². The molecule has 0 heterocycles. The van der Waals surface area contributed by atoms with E-state index in [1.54, 1.807) is 0 Å². The third-order valence-corrected chi connectivity index (χ3v) is 2.00. The highest BCUT2D eigenvalue weighted by atomic mass is 16.5. The molecule has 2 unspecified atom stereocenters. The Balaban J connectivity index is 3.61. The standard InChI is InChI=1S/C9H20N2O2/c1-4-7(2)5-11-9(12)8(10)6-13-3/h7-8H,4-6,10H2,1-3H3,(H,11,12). The average Bonchev–Trinajstić information content (AvgIpc) is 2.13. The monoisotopic (exact) mass is 188 g/mol. The second-order valence-electron chi connectivity index (χ2n) is 3.32. The lowest BCUT2D eigenvalue weighted by molar-refractivity contribution is -0.123. The van der Waals surface area contributed by atoms with E-state index in [-0.39, 0.29) is 12.5 Å². The molecule has 4 heteroatoms. The fourth-order valence-corrected chi connectivity index (χ4v) is 0.806. The van der Waals surface area contributed by atoms with E-state index in [2.05, 4.69) is 19.2 Å². The summed E-state index contributed by atoms with van der Waals surface area (Å²) in [4.78, 5) is 11.2. The average molecular weight is 188 g/mol. The molecular weight excluding hydrogens is 168 g/mol. The highest BCUT2D eigenvalue weighted by molar-refractivity contribution is 5.81. The molecule has 0 saturated carbocycles. The number of ether oxygens (including phenoxy) is 1. The summed E-state index contributed by atoms with van der Waals surface area (Å²) in [5.41, 5.74) is 5.52. The fraction of sp³-hybridized carbons (Fsp3) is 0.889. The molecule has 0 aromatic carbocycles. The number of hydrogen-bond acceptors (Lipinski definition) is 3. The number of rotatable bonds is 6. The van der Waals surface area contributed by atoms with Gasteiger partial charge in [-0.25, -0.2) is 0 Å². The van der Waals surface area contributed by atoms with Crippen LogP contribution in [-0.2, 0) is 9.53 Å². The molecule has 13 heavy (non-hydrogen) atoms. The van der Waals surface area contributed by atoms with Crippen molar-refractivity contribution < 1.29 is 9.53 Å². The Morgan fingerprint density at radius 1 is 1.62 bits per heavy atom. The van der Waals surface area contributed by atoms with E-state index in [1.165, 1.54) is 7.11 Å². The first-order chi connectivity index (χ1) is 6.11. The van der Waals surface area contributed by atoms with E-state index in [0.29, 0.717) is 12.5 Å². The predicted octanol–water partition coefficient (Wildman–Crippen LogP) is 0.122. The molecule has 0 aliphatic carbocycles. The molecule has 0 aliphatic heterocycles. The van der Waals surface area contributed by atoms with Crippen LogP contribution in [0.1, 0.15) is 20.3 Å². The summed E-state index contributed by atoms with van der Waals surface area (Å²) in [5.74, 6) is 0.362. The van der Waals surface area contributed by atoms with Gasteiger partial charge in [0.2, 0.25) is 5.91 Å². The van der Waals surface area contributed by atoms with Gasteiger partial charge in [-0.2, -0.15) is 0 Å². The van der Waals surface area contributed by atoms with Gasteiger partial charge in [-0.15, -0.1) is 0 Å². The van der Waals surface area contributed by atoms with Crippen LogP contribution in [0.2, 0.25) is 0 Å². The van der Waals surface area contributed by atoms with Gasteiger partial charge in [0.15, 0.2) is 0 Å². The number of carbonyl (C=O) groups excluding carboxylic acids is 1. The van der Waals surface area contributed by atoms with E-state index in [1.807, 2.05) is 0 Å². The quantitative estimate of drug-likeness (QED) is 0.622. The molecule has 0 aromatic heterocycles. The van der Waals surface area contributed by atoms with Crippen LogP contribution in [0.25, 0.3) is 0 Å². The first kappa shape index (κ1) is 12.4. The Bertz CT molecular complexity index is 151. The van der Waals surface area contributed by atoms with Gasteiger partial charge in [0.25, 0.3) is 0 Å². The van der Waals surface area contributed by atoms with Crippen molar-refractivity contribution in [2.24, 2.45) is 11.7 Å². The van der Waals surface area contributed by atoms with Crippen molar-refractivity contribution >= 4 is 5.91 Å². The van der Waals surface area contributed by atoms with E-state index in [4.69, 9.17) is 10.5 Å². The molecule has 1 amide bonds. The Kier molecular flexibility index (Phi) is 6.54. The lowest BCUT2D eigenvalue weighted by atomic mass is 10.1. The molecule has 0 saturated heterocycles. The maximum absolute atomic E-state index is 11.2. The SMILES string of the molecule is CCC(C)CNC(=O)C(N)COC. The number of nitrogens with two attached hydrogens (primary N) is 1. The van der Waals surface area contributed by atoms with Gasteiger partial charge >= 0.3 is 0 Å². The minimum Gasteiger partial charge on any atom is -0.383 e. The zero-order valence-corrected chi connectivity index (χ0v) is 8.67. The third kappa shape index (κ3) is 5.60. The maximum Gasteiger partial charge on any atom is 0.239 e. The first-order valence-corrected chi connectivity index (χ1v) is 4.64. The number of nitrogens with one attached hydrogen (secondary N) is 1. The van der Waals surface area contributed by atoms with Crippen molar-refractivity contribution in [1.82, 2.24) is 5.32 Å². The van der Waals surface area contributed by atoms with Crippen molar-refractivity contribution in [3.63, 3.8) is 0 Å². The number of carbonyl (C=O) groups is 1. The van der Waals surface area contributed by atoms with Crippen LogP contribution in [0, 0.1) is 5.92 Å². The zero-order chi connectivity index (χ0) is 10.3. The molecule has 3 N–H and O–H groups in total. The van der Waals surface area contributed by atoms with Gasteiger partial charge in [-0.05, 0) is 5.92 Å². The number of amides is 1. The largest absolute Gasteiger partial charge is 0.383 e. The van der Waals surface area contributed by atoms with Gasteiger partial charge in [0.05, 0.1) is 6.61 Å².